The fraction of sp³-hybridized carbons (Fsp3) is 0.455. The van der Waals surface area contributed by atoms with E-state index in [1.807, 2.05) is 12.1 Å². The third-order valence-electron chi connectivity index (χ3n) is 2.83. The van der Waals surface area contributed by atoms with Crippen molar-refractivity contribution in [3.05, 3.63) is 23.9 Å². The van der Waals surface area contributed by atoms with Crippen LogP contribution < -0.4 is 11.1 Å². The Balaban J connectivity index is 1.96. The Morgan fingerprint density at radius 3 is 2.93 bits per heavy atom. The molecule has 15 heavy (non-hydrogen) atoms. The van der Waals surface area contributed by atoms with Gasteiger partial charge in [0.25, 0.3) is 0 Å². The topological polar surface area (TPSA) is 50.9 Å². The summed E-state index contributed by atoms with van der Waals surface area (Å²) in [4.78, 5) is 4.67. The van der Waals surface area contributed by atoms with Gasteiger partial charge in [0.15, 0.2) is 0 Å². The molecule has 0 aliphatic heterocycles. The molecule has 0 amide bonds. The van der Waals surface area contributed by atoms with Gasteiger partial charge in [0.2, 0.25) is 0 Å². The lowest BCUT2D eigenvalue weighted by Gasteiger charge is -2.04. The molecule has 2 rings (SSSR count). The second-order valence-corrected chi connectivity index (χ2v) is 4.39. The van der Waals surface area contributed by atoms with Crippen LogP contribution in [0.5, 0.6) is 0 Å². The molecule has 2 unspecified atom stereocenters. The summed E-state index contributed by atoms with van der Waals surface area (Å²) in [6, 6.07) is 4.44. The number of thiocarbonyl (C=S) groups is 1. The van der Waals surface area contributed by atoms with Gasteiger partial charge in [0.05, 0.1) is 0 Å². The van der Waals surface area contributed by atoms with Gasteiger partial charge in [-0.15, -0.1) is 0 Å². The van der Waals surface area contributed by atoms with Gasteiger partial charge in [0.1, 0.15) is 10.8 Å². The second-order valence-electron chi connectivity index (χ2n) is 3.95. The molecule has 0 spiro atoms. The maximum absolute atomic E-state index is 5.49. The number of aromatic nitrogens is 1. The Morgan fingerprint density at radius 2 is 2.47 bits per heavy atom. The summed E-state index contributed by atoms with van der Waals surface area (Å²) < 4.78 is 0. The summed E-state index contributed by atoms with van der Waals surface area (Å²) in [6.45, 7) is 2.22. The molecule has 0 bridgehead atoms. The highest BCUT2D eigenvalue weighted by Crippen LogP contribution is 2.35. The number of hydrogen-bond donors (Lipinski definition) is 2. The lowest BCUT2D eigenvalue weighted by atomic mass is 10.3. The third kappa shape index (κ3) is 2.45. The van der Waals surface area contributed by atoms with Gasteiger partial charge < -0.3 is 11.1 Å². The average molecular weight is 221 g/mol. The smallest absolute Gasteiger partial charge is 0.126 e. The standard InChI is InChI=1S/C11H15N3S/c1-2-7-5-9(7)14-10-4-3-8(6-13-10)11(12)15/h3-4,6-7,9H,2,5H2,1H3,(H2,12,15)(H,13,14). The molecule has 0 aromatic carbocycles. The van der Waals surface area contributed by atoms with E-state index >= 15 is 0 Å². The number of nitrogens with two attached hydrogens (primary N) is 1. The van der Waals surface area contributed by atoms with Gasteiger partial charge >= 0.3 is 0 Å². The van der Waals surface area contributed by atoms with Crippen LogP contribution in [-0.2, 0) is 0 Å². The average Bonchev–Trinajstić information content (AvgIpc) is 2.97. The molecule has 1 aromatic heterocycles. The van der Waals surface area contributed by atoms with Crippen molar-refractivity contribution < 1.29 is 0 Å². The predicted octanol–water partition coefficient (Wildman–Crippen LogP) is 1.93. The number of nitrogens with zero attached hydrogens (tertiary/aromatic N) is 1. The predicted molar refractivity (Wildman–Crippen MR) is 65.9 cm³/mol. The highest BCUT2D eigenvalue weighted by molar-refractivity contribution is 7.80. The van der Waals surface area contributed by atoms with Crippen molar-refractivity contribution in [3.8, 4) is 0 Å². The molecule has 2 atom stereocenters. The highest BCUT2D eigenvalue weighted by Gasteiger charge is 2.35. The van der Waals surface area contributed by atoms with E-state index < -0.39 is 0 Å². The Bertz CT molecular complexity index is 361. The summed E-state index contributed by atoms with van der Waals surface area (Å²) in [5.74, 6) is 1.73. The van der Waals surface area contributed by atoms with Crippen molar-refractivity contribution in [2.75, 3.05) is 5.32 Å². The molecule has 1 saturated carbocycles. The van der Waals surface area contributed by atoms with Crippen LogP contribution in [0.4, 0.5) is 5.82 Å². The minimum absolute atomic E-state index is 0.395. The maximum atomic E-state index is 5.49. The van der Waals surface area contributed by atoms with E-state index in [4.69, 9.17) is 18.0 Å². The number of anilines is 1. The zero-order valence-electron chi connectivity index (χ0n) is 8.73. The van der Waals surface area contributed by atoms with E-state index in [0.29, 0.717) is 11.0 Å². The number of nitrogens with one attached hydrogen (secondary N) is 1. The van der Waals surface area contributed by atoms with Crippen LogP contribution >= 0.6 is 12.2 Å². The van der Waals surface area contributed by atoms with Gasteiger partial charge in [-0.05, 0) is 24.5 Å². The minimum atomic E-state index is 0.395. The monoisotopic (exact) mass is 221 g/mol. The third-order valence-corrected chi connectivity index (χ3v) is 3.06. The molecule has 1 aliphatic carbocycles. The molecule has 3 nitrogen and oxygen atoms in total. The molecular formula is C11H15N3S. The Morgan fingerprint density at radius 1 is 1.67 bits per heavy atom. The van der Waals surface area contributed by atoms with E-state index in [1.54, 1.807) is 6.20 Å². The van der Waals surface area contributed by atoms with Crippen molar-refractivity contribution >= 4 is 23.0 Å². The van der Waals surface area contributed by atoms with Crippen LogP contribution in [0.15, 0.2) is 18.3 Å². The lowest BCUT2D eigenvalue weighted by Crippen LogP contribution is -2.11. The molecule has 1 aliphatic rings. The summed E-state index contributed by atoms with van der Waals surface area (Å²) in [5, 5.41) is 3.39. The molecule has 0 saturated heterocycles. The van der Waals surface area contributed by atoms with Crippen LogP contribution in [0.2, 0.25) is 0 Å². The second kappa shape index (κ2) is 4.14. The molecule has 0 radical (unpaired) electrons. The Labute approximate surface area is 95.1 Å². The summed E-state index contributed by atoms with van der Waals surface area (Å²) in [6.07, 6.45) is 4.21. The summed E-state index contributed by atoms with van der Waals surface area (Å²) >= 11 is 4.86. The quantitative estimate of drug-likeness (QED) is 0.763. The molecule has 3 N–H and O–H groups in total. The summed E-state index contributed by atoms with van der Waals surface area (Å²) in [7, 11) is 0. The zero-order valence-corrected chi connectivity index (χ0v) is 9.55. The van der Waals surface area contributed by atoms with Crippen LogP contribution in [-0.4, -0.2) is 16.0 Å². The van der Waals surface area contributed by atoms with Crippen molar-refractivity contribution in [3.63, 3.8) is 0 Å². The molecular weight excluding hydrogens is 206 g/mol. The zero-order chi connectivity index (χ0) is 10.8. The fourth-order valence-electron chi connectivity index (χ4n) is 1.69. The molecule has 1 fully saturated rings. The fourth-order valence-corrected chi connectivity index (χ4v) is 1.81. The maximum Gasteiger partial charge on any atom is 0.126 e. The van der Waals surface area contributed by atoms with Crippen molar-refractivity contribution in [2.24, 2.45) is 11.7 Å². The van der Waals surface area contributed by atoms with E-state index in [0.717, 1.165) is 17.3 Å². The van der Waals surface area contributed by atoms with E-state index in [9.17, 15) is 0 Å². The van der Waals surface area contributed by atoms with Gasteiger partial charge in [0, 0.05) is 17.8 Å². The first-order chi connectivity index (χ1) is 7.20. The minimum Gasteiger partial charge on any atom is -0.389 e. The van der Waals surface area contributed by atoms with Crippen molar-refractivity contribution in [1.82, 2.24) is 4.98 Å². The molecule has 80 valence electrons. The Kier molecular flexibility index (Phi) is 2.86. The first kappa shape index (κ1) is 10.4. The number of hydrogen-bond acceptors (Lipinski definition) is 3. The van der Waals surface area contributed by atoms with Gasteiger partial charge in [-0.1, -0.05) is 25.6 Å². The highest BCUT2D eigenvalue weighted by atomic mass is 32.1. The van der Waals surface area contributed by atoms with Crippen LogP contribution in [0.1, 0.15) is 25.3 Å². The van der Waals surface area contributed by atoms with E-state index in [1.165, 1.54) is 12.8 Å². The van der Waals surface area contributed by atoms with Gasteiger partial charge in [-0.2, -0.15) is 0 Å². The first-order valence-electron chi connectivity index (χ1n) is 5.23. The molecule has 4 heteroatoms. The largest absolute Gasteiger partial charge is 0.389 e. The van der Waals surface area contributed by atoms with Crippen molar-refractivity contribution in [1.29, 1.82) is 0 Å². The van der Waals surface area contributed by atoms with Crippen LogP contribution in [0.3, 0.4) is 0 Å². The Hall–Kier alpha value is -1.16. The van der Waals surface area contributed by atoms with Gasteiger partial charge in [-0.3, -0.25) is 0 Å². The van der Waals surface area contributed by atoms with E-state index in [2.05, 4.69) is 17.2 Å². The molecule has 1 aromatic rings. The van der Waals surface area contributed by atoms with Crippen LogP contribution in [0, 0.1) is 5.92 Å². The first-order valence-corrected chi connectivity index (χ1v) is 5.64. The lowest BCUT2D eigenvalue weighted by molar-refractivity contribution is 0.773. The van der Waals surface area contributed by atoms with Crippen molar-refractivity contribution in [2.45, 2.75) is 25.8 Å². The van der Waals surface area contributed by atoms with Gasteiger partial charge in [-0.25, -0.2) is 4.98 Å². The number of rotatable bonds is 4. The number of pyridine rings is 1. The molecule has 1 heterocycles. The van der Waals surface area contributed by atoms with Crippen LogP contribution in [0.25, 0.3) is 0 Å². The van der Waals surface area contributed by atoms with E-state index in [-0.39, 0.29) is 0 Å². The summed E-state index contributed by atoms with van der Waals surface area (Å²) in [5.41, 5.74) is 6.31. The SMILES string of the molecule is CCC1CC1Nc1ccc(C(N)=S)cn1. The normalized spacial score (nSPS) is 23.5.